The molecule has 2 aromatic heterocycles. The Kier molecular flexibility index (Phi) is 7.65. The summed E-state index contributed by atoms with van der Waals surface area (Å²) in [6.07, 6.45) is 6.72. The highest BCUT2D eigenvalue weighted by Gasteiger charge is 2.63. The van der Waals surface area contributed by atoms with Gasteiger partial charge in [-0.05, 0) is 133 Å². The molecular weight excluding hydrogens is 789 g/mol. The summed E-state index contributed by atoms with van der Waals surface area (Å²) in [5, 5.41) is 5.28. The first-order valence-corrected chi connectivity index (χ1v) is 24.2. The number of nitrogens with zero attached hydrogens (tertiary/aromatic N) is 2. The Bertz CT molecular complexity index is 3370. The molecule has 1 spiro atoms. The molecule has 0 amide bonds. The van der Waals surface area contributed by atoms with Gasteiger partial charge in [0.25, 0.3) is 0 Å². The molecule has 5 aliphatic rings. The summed E-state index contributed by atoms with van der Waals surface area (Å²) < 4.78 is 5.29. The topological polar surface area (TPSA) is 6.48 Å². The minimum Gasteiger partial charge on any atom is -0.307 e. The number of para-hydroxylation sites is 2. The molecule has 4 heteroatoms. The Hall–Kier alpha value is -6.20. The third kappa shape index (κ3) is 4.85. The first kappa shape index (κ1) is 35.4. The van der Waals surface area contributed by atoms with Crippen LogP contribution >= 0.6 is 22.7 Å². The van der Waals surface area contributed by atoms with E-state index < -0.39 is 0 Å². The van der Waals surface area contributed by atoms with Gasteiger partial charge in [-0.25, -0.2) is 0 Å². The molecule has 0 radical (unpaired) electrons. The predicted molar refractivity (Wildman–Crippen MR) is 265 cm³/mol. The van der Waals surface area contributed by atoms with Crippen LogP contribution in [-0.4, -0.2) is 0 Å². The van der Waals surface area contributed by atoms with E-state index in [9.17, 15) is 0 Å². The molecule has 0 saturated heterocycles. The molecule has 2 heterocycles. The maximum absolute atomic E-state index is 2.71. The summed E-state index contributed by atoms with van der Waals surface area (Å²) in [6, 6.07) is 69.1. The third-order valence-corrected chi connectivity index (χ3v) is 17.8. The molecule has 8 aromatic carbocycles. The van der Waals surface area contributed by atoms with E-state index in [1.165, 1.54) is 118 Å². The zero-order valence-corrected chi connectivity index (χ0v) is 36.0. The van der Waals surface area contributed by atoms with Crippen molar-refractivity contribution in [3.05, 3.63) is 193 Å². The normalized spacial score (nSPS) is 21.9. The van der Waals surface area contributed by atoms with E-state index in [0.717, 1.165) is 11.8 Å². The number of anilines is 6. The van der Waals surface area contributed by atoms with Gasteiger partial charge < -0.3 is 9.80 Å². The van der Waals surface area contributed by atoms with E-state index in [-0.39, 0.29) is 5.41 Å². The highest BCUT2D eigenvalue weighted by molar-refractivity contribution is 7.26. The molecular formula is C58H44N2S2. The highest BCUT2D eigenvalue weighted by Crippen LogP contribution is 2.72. The zero-order chi connectivity index (χ0) is 40.5. The molecule has 0 unspecified atom stereocenters. The standard InChI is InChI=1S/C58H44N2S2/c1-3-15-40(16-4-1)59(50-25-13-22-46-43-20-8-11-27-52(43)61-56(46)50)49-30-29-45-42-19-7-10-24-48(42)58(38-32-36-31-37(34-38)35-39(58)33-36)54(45)55(49)60(41-17-5-2-6-18-41)51-26-14-23-47-44-21-9-12-28-53(44)62-57(47)51/h1-30,36-39H,31-35H2. The molecule has 2 nitrogen and oxygen atoms in total. The zero-order valence-electron chi connectivity index (χ0n) is 34.4. The van der Waals surface area contributed by atoms with Gasteiger partial charge in [0.05, 0.1) is 32.1 Å². The van der Waals surface area contributed by atoms with Crippen LogP contribution in [0.4, 0.5) is 34.1 Å². The van der Waals surface area contributed by atoms with E-state index in [4.69, 9.17) is 0 Å². The Labute approximate surface area is 370 Å². The molecule has 0 N–H and O–H groups in total. The number of thiophene rings is 2. The smallest absolute Gasteiger partial charge is 0.0750 e. The summed E-state index contributed by atoms with van der Waals surface area (Å²) >= 11 is 3.85. The van der Waals surface area contributed by atoms with Crippen LogP contribution in [0.3, 0.4) is 0 Å². The maximum Gasteiger partial charge on any atom is 0.0750 e. The molecule has 298 valence electrons. The lowest BCUT2D eigenvalue weighted by atomic mass is 9.43. The molecule has 15 rings (SSSR count). The van der Waals surface area contributed by atoms with Gasteiger partial charge in [-0.1, -0.05) is 127 Å². The largest absolute Gasteiger partial charge is 0.307 e. The second kappa shape index (κ2) is 13.4. The van der Waals surface area contributed by atoms with E-state index in [2.05, 4.69) is 192 Å². The fraction of sp³-hybridized carbons (Fsp3) is 0.172. The molecule has 10 aromatic rings. The van der Waals surface area contributed by atoms with E-state index in [1.807, 2.05) is 22.7 Å². The van der Waals surface area contributed by atoms with Gasteiger partial charge in [-0.2, -0.15) is 0 Å². The van der Waals surface area contributed by atoms with E-state index >= 15 is 0 Å². The predicted octanol–water partition coefficient (Wildman–Crippen LogP) is 17.1. The van der Waals surface area contributed by atoms with Crippen LogP contribution in [0.2, 0.25) is 0 Å². The van der Waals surface area contributed by atoms with E-state index in [1.54, 1.807) is 11.1 Å². The van der Waals surface area contributed by atoms with Crippen molar-refractivity contribution >= 4 is 97.1 Å². The van der Waals surface area contributed by atoms with Gasteiger partial charge in [0.15, 0.2) is 0 Å². The quantitative estimate of drug-likeness (QED) is 0.165. The highest BCUT2D eigenvalue weighted by atomic mass is 32.1. The molecule has 4 fully saturated rings. The molecule has 0 aliphatic heterocycles. The molecule has 62 heavy (non-hydrogen) atoms. The number of hydrogen-bond donors (Lipinski definition) is 0. The molecule has 0 atom stereocenters. The van der Waals surface area contributed by atoms with Crippen LogP contribution in [0.25, 0.3) is 51.5 Å². The lowest BCUT2D eigenvalue weighted by molar-refractivity contribution is -0.0397. The summed E-state index contributed by atoms with van der Waals surface area (Å²) in [4.78, 5) is 5.34. The lowest BCUT2D eigenvalue weighted by Crippen LogP contribution is -2.55. The maximum atomic E-state index is 2.71. The van der Waals surface area contributed by atoms with Crippen LogP contribution in [0.15, 0.2) is 182 Å². The van der Waals surface area contributed by atoms with Gasteiger partial charge in [0.2, 0.25) is 0 Å². The lowest BCUT2D eigenvalue weighted by Gasteiger charge is -2.61. The van der Waals surface area contributed by atoms with Crippen molar-refractivity contribution in [3.8, 4) is 11.1 Å². The number of fused-ring (bicyclic) bond motifs is 9. The van der Waals surface area contributed by atoms with Crippen molar-refractivity contribution in [1.82, 2.24) is 0 Å². The average Bonchev–Trinajstić information content (AvgIpc) is 3.99. The Morgan fingerprint density at radius 3 is 1.50 bits per heavy atom. The Balaban J connectivity index is 1.16. The van der Waals surface area contributed by atoms with Gasteiger partial charge in [-0.3, -0.25) is 0 Å². The van der Waals surface area contributed by atoms with Crippen LogP contribution in [-0.2, 0) is 5.41 Å². The molecule has 5 aliphatic carbocycles. The molecule has 4 saturated carbocycles. The molecule has 4 bridgehead atoms. The third-order valence-electron chi connectivity index (χ3n) is 15.4. The monoisotopic (exact) mass is 832 g/mol. The minimum absolute atomic E-state index is 0.0856. The van der Waals surface area contributed by atoms with Gasteiger partial charge in [0.1, 0.15) is 0 Å². The van der Waals surface area contributed by atoms with Crippen molar-refractivity contribution in [3.63, 3.8) is 0 Å². The van der Waals surface area contributed by atoms with E-state index in [0.29, 0.717) is 11.8 Å². The summed E-state index contributed by atoms with van der Waals surface area (Å²) in [5.41, 5.74) is 13.3. The summed E-state index contributed by atoms with van der Waals surface area (Å²) in [5.74, 6) is 2.89. The summed E-state index contributed by atoms with van der Waals surface area (Å²) in [7, 11) is 0. The van der Waals surface area contributed by atoms with Crippen molar-refractivity contribution < 1.29 is 0 Å². The Morgan fingerprint density at radius 1 is 0.387 bits per heavy atom. The van der Waals surface area contributed by atoms with Crippen molar-refractivity contribution in [2.75, 3.05) is 9.80 Å². The second-order valence-electron chi connectivity index (χ2n) is 18.4. The number of benzene rings is 8. The van der Waals surface area contributed by atoms with Crippen LogP contribution in [0.5, 0.6) is 0 Å². The van der Waals surface area contributed by atoms with Crippen molar-refractivity contribution in [2.24, 2.45) is 23.7 Å². The SMILES string of the molecule is c1ccc(N(c2ccc3c(c2N(c2ccccc2)c2cccc4c2sc2ccccc24)C2(c4ccccc4-3)C3CC4CC(C3)CC2C4)c2cccc3c2sc2ccccc23)cc1. The fourth-order valence-electron chi connectivity index (χ4n) is 13.4. The first-order valence-electron chi connectivity index (χ1n) is 22.5. The van der Waals surface area contributed by atoms with Gasteiger partial charge in [0, 0.05) is 47.7 Å². The second-order valence-corrected chi connectivity index (χ2v) is 20.5. The minimum atomic E-state index is -0.0856. The van der Waals surface area contributed by atoms with Crippen LogP contribution in [0, 0.1) is 23.7 Å². The van der Waals surface area contributed by atoms with Gasteiger partial charge in [-0.15, -0.1) is 22.7 Å². The number of hydrogen-bond acceptors (Lipinski definition) is 4. The average molecular weight is 833 g/mol. The Morgan fingerprint density at radius 2 is 0.887 bits per heavy atom. The fourth-order valence-corrected chi connectivity index (χ4v) is 15.8. The van der Waals surface area contributed by atoms with Crippen LogP contribution < -0.4 is 9.80 Å². The summed E-state index contributed by atoms with van der Waals surface area (Å²) in [6.45, 7) is 0. The van der Waals surface area contributed by atoms with Crippen LogP contribution in [0.1, 0.15) is 43.2 Å². The van der Waals surface area contributed by atoms with Gasteiger partial charge >= 0.3 is 0 Å². The first-order chi connectivity index (χ1) is 30.7. The van der Waals surface area contributed by atoms with Crippen molar-refractivity contribution in [2.45, 2.75) is 37.5 Å². The van der Waals surface area contributed by atoms with Crippen molar-refractivity contribution in [1.29, 1.82) is 0 Å². The number of rotatable bonds is 6.